The Morgan fingerprint density at radius 3 is 2.88 bits per heavy atom. The summed E-state index contributed by atoms with van der Waals surface area (Å²) in [6, 6.07) is 16.2. The Hall–Kier alpha value is -1.58. The molecule has 0 saturated carbocycles. The quantitative estimate of drug-likeness (QED) is 0.765. The zero-order chi connectivity index (χ0) is 11.7. The molecule has 3 rings (SSSR count). The highest BCUT2D eigenvalue weighted by Crippen LogP contribution is 2.11. The van der Waals surface area contributed by atoms with Crippen LogP contribution in [0.25, 0.3) is 0 Å². The van der Waals surface area contributed by atoms with Gasteiger partial charge in [-0.25, -0.2) is 0 Å². The fourth-order valence-electron chi connectivity index (χ4n) is 2.31. The lowest BCUT2D eigenvalue weighted by atomic mass is 9.56. The minimum atomic E-state index is 0.0118. The molecule has 0 saturated heterocycles. The largest absolute Gasteiger partial charge is 0.423 e. The van der Waals surface area contributed by atoms with Crippen molar-refractivity contribution in [3.05, 3.63) is 59.7 Å². The van der Waals surface area contributed by atoms with Gasteiger partial charge in [0.15, 0.2) is 0 Å². The summed E-state index contributed by atoms with van der Waals surface area (Å²) in [6.45, 7) is 0.754. The number of aliphatic hydroxyl groups is 1. The Kier molecular flexibility index (Phi) is 2.71. The van der Waals surface area contributed by atoms with Crippen molar-refractivity contribution in [3.8, 4) is 0 Å². The second kappa shape index (κ2) is 4.36. The molecular weight excluding hydrogens is 211 g/mol. The van der Waals surface area contributed by atoms with E-state index < -0.39 is 0 Å². The van der Waals surface area contributed by atoms with Gasteiger partial charge in [0.1, 0.15) is 0 Å². The predicted molar refractivity (Wildman–Crippen MR) is 68.6 cm³/mol. The van der Waals surface area contributed by atoms with Gasteiger partial charge in [0.05, 0.1) is 13.2 Å². The summed E-state index contributed by atoms with van der Waals surface area (Å²) in [5.41, 5.74) is 4.53. The van der Waals surface area contributed by atoms with Crippen molar-refractivity contribution < 1.29 is 9.76 Å². The minimum Gasteiger partial charge on any atom is -0.423 e. The SMILES string of the molecule is OCc1cccc(B2OCc3ccccc32)c1. The smallest absolute Gasteiger partial charge is 0.362 e. The monoisotopic (exact) mass is 224 g/mol. The van der Waals surface area contributed by atoms with Crippen molar-refractivity contribution in [1.29, 1.82) is 0 Å². The van der Waals surface area contributed by atoms with Gasteiger partial charge in [-0.2, -0.15) is 0 Å². The average molecular weight is 224 g/mol. The van der Waals surface area contributed by atoms with Gasteiger partial charge in [0, 0.05) is 0 Å². The van der Waals surface area contributed by atoms with Crippen molar-refractivity contribution in [3.63, 3.8) is 0 Å². The van der Waals surface area contributed by atoms with Crippen LogP contribution in [0.15, 0.2) is 48.5 Å². The first-order valence-electron chi connectivity index (χ1n) is 5.77. The summed E-state index contributed by atoms with van der Waals surface area (Å²) in [4.78, 5) is 0. The average Bonchev–Trinajstić information content (AvgIpc) is 2.82. The molecule has 2 aromatic rings. The summed E-state index contributed by atoms with van der Waals surface area (Å²) in [6.07, 6.45) is 0. The third-order valence-electron chi connectivity index (χ3n) is 3.18. The molecule has 1 heterocycles. The lowest BCUT2D eigenvalue weighted by molar-refractivity contribution is 0.282. The van der Waals surface area contributed by atoms with Crippen LogP contribution in [0.3, 0.4) is 0 Å². The molecule has 2 nitrogen and oxygen atoms in total. The van der Waals surface area contributed by atoms with Crippen LogP contribution < -0.4 is 10.9 Å². The van der Waals surface area contributed by atoms with Gasteiger partial charge < -0.3 is 9.76 Å². The van der Waals surface area contributed by atoms with E-state index >= 15 is 0 Å². The van der Waals surface area contributed by atoms with Crippen molar-refractivity contribution in [1.82, 2.24) is 0 Å². The van der Waals surface area contributed by atoms with Crippen LogP contribution in [0.2, 0.25) is 0 Å². The minimum absolute atomic E-state index is 0.0118. The third-order valence-corrected chi connectivity index (χ3v) is 3.18. The van der Waals surface area contributed by atoms with E-state index in [1.165, 1.54) is 11.0 Å². The van der Waals surface area contributed by atoms with Crippen LogP contribution in [-0.4, -0.2) is 12.0 Å². The first-order valence-corrected chi connectivity index (χ1v) is 5.77. The van der Waals surface area contributed by atoms with Gasteiger partial charge in [0.25, 0.3) is 0 Å². The van der Waals surface area contributed by atoms with Crippen LogP contribution in [0, 0.1) is 0 Å². The maximum atomic E-state index is 9.16. The molecule has 3 heteroatoms. The second-order valence-electron chi connectivity index (χ2n) is 4.29. The summed E-state index contributed by atoms with van der Waals surface area (Å²) in [5.74, 6) is 0. The molecule has 0 fully saturated rings. The topological polar surface area (TPSA) is 29.5 Å². The Balaban J connectivity index is 2.01. The Morgan fingerprint density at radius 1 is 1.12 bits per heavy atom. The summed E-state index contributed by atoms with van der Waals surface area (Å²) < 4.78 is 5.83. The molecule has 1 aliphatic heterocycles. The molecule has 0 aliphatic carbocycles. The molecule has 1 aliphatic rings. The van der Waals surface area contributed by atoms with Crippen LogP contribution >= 0.6 is 0 Å². The first kappa shape index (κ1) is 10.6. The lowest BCUT2D eigenvalue weighted by Gasteiger charge is -2.08. The van der Waals surface area contributed by atoms with Gasteiger partial charge in [-0.15, -0.1) is 0 Å². The Morgan fingerprint density at radius 2 is 2.00 bits per heavy atom. The summed E-state index contributed by atoms with van der Waals surface area (Å²) >= 11 is 0. The number of hydrogen-bond donors (Lipinski definition) is 1. The van der Waals surface area contributed by atoms with Crippen LogP contribution in [0.5, 0.6) is 0 Å². The normalized spacial score (nSPS) is 13.8. The van der Waals surface area contributed by atoms with Gasteiger partial charge >= 0.3 is 6.92 Å². The molecule has 0 radical (unpaired) electrons. The molecule has 0 amide bonds. The number of benzene rings is 2. The van der Waals surface area contributed by atoms with Crippen molar-refractivity contribution in [2.45, 2.75) is 13.2 Å². The molecule has 84 valence electrons. The van der Waals surface area contributed by atoms with E-state index in [0.717, 1.165) is 11.0 Å². The van der Waals surface area contributed by atoms with Gasteiger partial charge in [-0.05, 0) is 22.1 Å². The molecule has 0 atom stereocenters. The summed E-state index contributed by atoms with van der Waals surface area (Å²) in [7, 11) is 0. The van der Waals surface area contributed by atoms with E-state index in [2.05, 4.69) is 12.1 Å². The van der Waals surface area contributed by atoms with Crippen LogP contribution in [-0.2, 0) is 17.9 Å². The molecule has 1 N–H and O–H groups in total. The van der Waals surface area contributed by atoms with E-state index in [4.69, 9.17) is 9.76 Å². The molecule has 0 aromatic heterocycles. The van der Waals surface area contributed by atoms with E-state index in [9.17, 15) is 0 Å². The van der Waals surface area contributed by atoms with Crippen molar-refractivity contribution in [2.75, 3.05) is 0 Å². The molecule has 2 aromatic carbocycles. The van der Waals surface area contributed by atoms with E-state index in [-0.39, 0.29) is 13.5 Å². The summed E-state index contributed by atoms with van der Waals surface area (Å²) in [5, 5.41) is 9.16. The van der Waals surface area contributed by atoms with Crippen LogP contribution in [0.4, 0.5) is 0 Å². The van der Waals surface area contributed by atoms with Crippen molar-refractivity contribution in [2.24, 2.45) is 0 Å². The standard InChI is InChI=1S/C14H13BO2/c16-9-11-4-3-6-13(8-11)15-14-7-2-1-5-12(14)10-17-15/h1-8,16H,9-10H2. The molecular formula is C14H13BO2. The maximum Gasteiger partial charge on any atom is 0.362 e. The van der Waals surface area contributed by atoms with E-state index in [0.29, 0.717) is 6.61 Å². The highest BCUT2D eigenvalue weighted by molar-refractivity contribution is 6.81. The highest BCUT2D eigenvalue weighted by Gasteiger charge is 2.29. The maximum absolute atomic E-state index is 9.16. The predicted octanol–water partition coefficient (Wildman–Crippen LogP) is 0.815. The van der Waals surface area contributed by atoms with Gasteiger partial charge in [0.2, 0.25) is 0 Å². The zero-order valence-corrected chi connectivity index (χ0v) is 9.47. The molecule has 0 unspecified atom stereocenters. The van der Waals surface area contributed by atoms with Crippen molar-refractivity contribution >= 4 is 17.8 Å². The Labute approximate surface area is 101 Å². The third kappa shape index (κ3) is 1.88. The number of rotatable bonds is 2. The van der Waals surface area contributed by atoms with Gasteiger partial charge in [-0.3, -0.25) is 0 Å². The molecule has 0 bridgehead atoms. The fraction of sp³-hybridized carbons (Fsp3) is 0.143. The van der Waals surface area contributed by atoms with Crippen LogP contribution in [0.1, 0.15) is 11.1 Å². The molecule has 0 spiro atoms. The number of fused-ring (bicyclic) bond motifs is 1. The highest BCUT2D eigenvalue weighted by atomic mass is 16.4. The van der Waals surface area contributed by atoms with E-state index in [1.807, 2.05) is 36.4 Å². The Bertz CT molecular complexity index is 539. The van der Waals surface area contributed by atoms with Gasteiger partial charge in [-0.1, -0.05) is 48.5 Å². The zero-order valence-electron chi connectivity index (χ0n) is 9.47. The fourth-order valence-corrected chi connectivity index (χ4v) is 2.31. The second-order valence-corrected chi connectivity index (χ2v) is 4.29. The number of hydrogen-bond acceptors (Lipinski definition) is 2. The van der Waals surface area contributed by atoms with E-state index in [1.54, 1.807) is 0 Å². The number of aliphatic hydroxyl groups excluding tert-OH is 1. The first-order chi connectivity index (χ1) is 8.38. The molecule has 17 heavy (non-hydrogen) atoms. The lowest BCUT2D eigenvalue weighted by Crippen LogP contribution is -2.41.